The van der Waals surface area contributed by atoms with Gasteiger partial charge in [0.05, 0.1) is 11.6 Å². The van der Waals surface area contributed by atoms with Crippen molar-refractivity contribution in [3.63, 3.8) is 0 Å². The Kier molecular flexibility index (Phi) is 8.37. The highest BCUT2D eigenvalue weighted by Crippen LogP contribution is 2.24. The Bertz CT molecular complexity index is 1130. The van der Waals surface area contributed by atoms with Gasteiger partial charge < -0.3 is 20.2 Å². The Morgan fingerprint density at radius 1 is 0.971 bits per heavy atom. The smallest absolute Gasteiger partial charge is 0.335 e. The third-order valence-corrected chi connectivity index (χ3v) is 6.84. The monoisotopic (exact) mass is 473 g/mol. The largest absolute Gasteiger partial charge is 0.478 e. The van der Waals surface area contributed by atoms with Crippen LogP contribution in [0.2, 0.25) is 0 Å². The molecule has 0 unspecified atom stereocenters. The average Bonchev–Trinajstić information content (AvgIpc) is 2.88. The van der Waals surface area contributed by atoms with E-state index in [1.54, 1.807) is 24.3 Å². The summed E-state index contributed by atoms with van der Waals surface area (Å²) in [6.07, 6.45) is 4.72. The highest BCUT2D eigenvalue weighted by atomic mass is 16.4. The summed E-state index contributed by atoms with van der Waals surface area (Å²) >= 11 is 0. The summed E-state index contributed by atoms with van der Waals surface area (Å²) in [5.74, 6) is -0.948. The molecule has 0 aromatic heterocycles. The van der Waals surface area contributed by atoms with E-state index in [0.29, 0.717) is 13.1 Å². The Morgan fingerprint density at radius 2 is 1.69 bits per heavy atom. The van der Waals surface area contributed by atoms with Crippen molar-refractivity contribution in [1.29, 1.82) is 0 Å². The number of benzene rings is 3. The number of likely N-dealkylation sites (tertiary alicyclic amines) is 1. The highest BCUT2D eigenvalue weighted by Gasteiger charge is 2.19. The molecule has 1 saturated heterocycles. The summed E-state index contributed by atoms with van der Waals surface area (Å²) in [5, 5.41) is 14.7. The van der Waals surface area contributed by atoms with E-state index in [1.807, 2.05) is 30.0 Å². The average molecular weight is 474 g/mol. The SMILES string of the molecule is C[C@H](NC(=O)N(CCCN1CCCCC1)Cc1ccc(C(=O)O)cc1)c1cccc2ccccc12. The predicted octanol–water partition coefficient (Wildman–Crippen LogP) is 5.69. The minimum atomic E-state index is -0.948. The van der Waals surface area contributed by atoms with E-state index in [2.05, 4.69) is 34.5 Å². The molecule has 184 valence electrons. The second kappa shape index (κ2) is 11.8. The topological polar surface area (TPSA) is 72.9 Å². The van der Waals surface area contributed by atoms with Gasteiger partial charge in [-0.15, -0.1) is 0 Å². The lowest BCUT2D eigenvalue weighted by atomic mass is 10.00. The molecule has 0 spiro atoms. The third-order valence-electron chi connectivity index (χ3n) is 6.84. The Balaban J connectivity index is 1.45. The Labute approximate surface area is 207 Å². The van der Waals surface area contributed by atoms with Crippen LogP contribution in [0.25, 0.3) is 10.8 Å². The number of aromatic carboxylic acids is 1. The standard InChI is InChI=1S/C29H35N3O3/c1-22(26-12-7-10-24-9-3-4-11-27(24)26)30-29(35)32(20-8-19-31-17-5-2-6-18-31)21-23-13-15-25(16-14-23)28(33)34/h3-4,7,9-16,22H,2,5-6,8,17-21H2,1H3,(H,30,35)(H,33,34)/t22-/m0/s1. The quantitative estimate of drug-likeness (QED) is 0.419. The fourth-order valence-corrected chi connectivity index (χ4v) is 4.88. The number of nitrogens with one attached hydrogen (secondary N) is 1. The van der Waals surface area contributed by atoms with Gasteiger partial charge in [0, 0.05) is 13.1 Å². The summed E-state index contributed by atoms with van der Waals surface area (Å²) < 4.78 is 0. The van der Waals surface area contributed by atoms with E-state index in [4.69, 9.17) is 0 Å². The molecular weight excluding hydrogens is 438 g/mol. The van der Waals surface area contributed by atoms with Gasteiger partial charge in [0.1, 0.15) is 0 Å². The van der Waals surface area contributed by atoms with Crippen LogP contribution in [0.1, 0.15) is 60.1 Å². The molecule has 2 N–H and O–H groups in total. The lowest BCUT2D eigenvalue weighted by molar-refractivity contribution is 0.0696. The molecular formula is C29H35N3O3. The van der Waals surface area contributed by atoms with Crippen LogP contribution in [0, 0.1) is 0 Å². The number of fused-ring (bicyclic) bond motifs is 1. The van der Waals surface area contributed by atoms with Crippen LogP contribution in [0.15, 0.2) is 66.7 Å². The normalized spacial score (nSPS) is 15.0. The van der Waals surface area contributed by atoms with Crippen molar-refractivity contribution >= 4 is 22.8 Å². The Hall–Kier alpha value is -3.38. The third kappa shape index (κ3) is 6.61. The van der Waals surface area contributed by atoms with Gasteiger partial charge in [-0.25, -0.2) is 9.59 Å². The van der Waals surface area contributed by atoms with Crippen LogP contribution in [-0.4, -0.2) is 53.1 Å². The van der Waals surface area contributed by atoms with Crippen LogP contribution in [0.4, 0.5) is 4.79 Å². The number of carboxylic acid groups (broad SMARTS) is 1. The Morgan fingerprint density at radius 3 is 2.43 bits per heavy atom. The molecule has 0 saturated carbocycles. The van der Waals surface area contributed by atoms with Crippen molar-refractivity contribution < 1.29 is 14.7 Å². The first kappa shape index (κ1) is 24.7. The van der Waals surface area contributed by atoms with Gasteiger partial charge in [0.2, 0.25) is 0 Å². The van der Waals surface area contributed by atoms with Crippen molar-refractivity contribution in [3.05, 3.63) is 83.4 Å². The second-order valence-electron chi connectivity index (χ2n) is 9.42. The molecule has 0 bridgehead atoms. The van der Waals surface area contributed by atoms with E-state index >= 15 is 0 Å². The van der Waals surface area contributed by atoms with Gasteiger partial charge >= 0.3 is 12.0 Å². The zero-order valence-electron chi connectivity index (χ0n) is 20.5. The van der Waals surface area contributed by atoms with Gasteiger partial charge in [-0.05, 0) is 79.9 Å². The van der Waals surface area contributed by atoms with Gasteiger partial charge in [-0.3, -0.25) is 0 Å². The zero-order valence-corrected chi connectivity index (χ0v) is 20.5. The molecule has 6 nitrogen and oxygen atoms in total. The molecule has 0 aliphatic carbocycles. The van der Waals surface area contributed by atoms with E-state index in [-0.39, 0.29) is 17.6 Å². The molecule has 2 amide bonds. The first-order valence-electron chi connectivity index (χ1n) is 12.6. The number of amides is 2. The molecule has 35 heavy (non-hydrogen) atoms. The maximum Gasteiger partial charge on any atom is 0.335 e. The minimum Gasteiger partial charge on any atom is -0.478 e. The number of hydrogen-bond acceptors (Lipinski definition) is 3. The molecule has 4 rings (SSSR count). The number of rotatable bonds is 9. The number of carboxylic acids is 1. The lowest BCUT2D eigenvalue weighted by Gasteiger charge is -2.29. The zero-order chi connectivity index (χ0) is 24.6. The summed E-state index contributed by atoms with van der Waals surface area (Å²) in [6, 6.07) is 20.9. The van der Waals surface area contributed by atoms with Crippen molar-refractivity contribution in [2.24, 2.45) is 0 Å². The van der Waals surface area contributed by atoms with E-state index in [9.17, 15) is 14.7 Å². The maximum atomic E-state index is 13.4. The van der Waals surface area contributed by atoms with Gasteiger partial charge in [-0.1, -0.05) is 61.0 Å². The molecule has 1 fully saturated rings. The fourth-order valence-electron chi connectivity index (χ4n) is 4.88. The molecule has 1 heterocycles. The highest BCUT2D eigenvalue weighted by molar-refractivity contribution is 5.88. The van der Waals surface area contributed by atoms with E-state index in [0.717, 1.165) is 48.0 Å². The van der Waals surface area contributed by atoms with Crippen LogP contribution in [0.3, 0.4) is 0 Å². The summed E-state index contributed by atoms with van der Waals surface area (Å²) in [7, 11) is 0. The molecule has 1 aliphatic rings. The number of urea groups is 1. The van der Waals surface area contributed by atoms with Crippen LogP contribution in [0.5, 0.6) is 0 Å². The van der Waals surface area contributed by atoms with Crippen LogP contribution in [-0.2, 0) is 6.54 Å². The van der Waals surface area contributed by atoms with Gasteiger partial charge in [-0.2, -0.15) is 0 Å². The van der Waals surface area contributed by atoms with E-state index in [1.165, 1.54) is 19.3 Å². The van der Waals surface area contributed by atoms with Crippen molar-refractivity contribution in [1.82, 2.24) is 15.1 Å². The van der Waals surface area contributed by atoms with Crippen molar-refractivity contribution in [2.45, 2.75) is 45.2 Å². The van der Waals surface area contributed by atoms with Crippen molar-refractivity contribution in [3.8, 4) is 0 Å². The first-order valence-corrected chi connectivity index (χ1v) is 12.6. The van der Waals surface area contributed by atoms with Gasteiger partial charge in [0.15, 0.2) is 0 Å². The first-order chi connectivity index (χ1) is 17.0. The number of carbonyl (C=O) groups is 2. The molecule has 6 heteroatoms. The van der Waals surface area contributed by atoms with E-state index < -0.39 is 5.97 Å². The lowest BCUT2D eigenvalue weighted by Crippen LogP contribution is -2.42. The van der Waals surface area contributed by atoms with Crippen molar-refractivity contribution in [2.75, 3.05) is 26.2 Å². The number of nitrogens with zero attached hydrogens (tertiary/aromatic N) is 2. The van der Waals surface area contributed by atoms with Crippen LogP contribution < -0.4 is 5.32 Å². The molecule has 1 aliphatic heterocycles. The summed E-state index contributed by atoms with van der Waals surface area (Å²) in [4.78, 5) is 29.0. The summed E-state index contributed by atoms with van der Waals surface area (Å²) in [5.41, 5.74) is 2.26. The second-order valence-corrected chi connectivity index (χ2v) is 9.42. The minimum absolute atomic E-state index is 0.105. The predicted molar refractivity (Wildman–Crippen MR) is 140 cm³/mol. The fraction of sp³-hybridized carbons (Fsp3) is 0.379. The number of piperidine rings is 1. The molecule has 3 aromatic rings. The molecule has 0 radical (unpaired) electrons. The summed E-state index contributed by atoms with van der Waals surface area (Å²) in [6.45, 7) is 6.37. The van der Waals surface area contributed by atoms with Gasteiger partial charge in [0.25, 0.3) is 0 Å². The molecule has 1 atom stereocenters. The molecule has 3 aromatic carbocycles. The maximum absolute atomic E-state index is 13.4. The number of hydrogen-bond donors (Lipinski definition) is 2. The number of carbonyl (C=O) groups excluding carboxylic acids is 1. The van der Waals surface area contributed by atoms with Crippen LogP contribution >= 0.6 is 0 Å².